The predicted octanol–water partition coefficient (Wildman–Crippen LogP) is 0.689. The highest BCUT2D eigenvalue weighted by molar-refractivity contribution is 5.75. The Morgan fingerprint density at radius 3 is 2.60 bits per heavy atom. The molecule has 0 saturated carbocycles. The van der Waals surface area contributed by atoms with Crippen LogP contribution < -0.4 is 11.4 Å². The van der Waals surface area contributed by atoms with Crippen molar-refractivity contribution >= 4 is 11.0 Å². The van der Waals surface area contributed by atoms with Crippen LogP contribution in [0.4, 0.5) is 0 Å². The quantitative estimate of drug-likeness (QED) is 0.801. The van der Waals surface area contributed by atoms with Gasteiger partial charge in [0.05, 0.1) is 11.0 Å². The van der Waals surface area contributed by atoms with Gasteiger partial charge < -0.3 is 5.73 Å². The zero-order chi connectivity index (χ0) is 10.8. The Hall–Kier alpha value is -1.55. The maximum atomic E-state index is 11.9. The zero-order valence-electron chi connectivity index (χ0n) is 8.81. The van der Waals surface area contributed by atoms with Gasteiger partial charge in [-0.1, -0.05) is 12.1 Å². The first-order valence-corrected chi connectivity index (χ1v) is 5.10. The van der Waals surface area contributed by atoms with Crippen molar-refractivity contribution in [2.24, 2.45) is 12.8 Å². The summed E-state index contributed by atoms with van der Waals surface area (Å²) in [6, 6.07) is 7.80. The van der Waals surface area contributed by atoms with E-state index >= 15 is 0 Å². The molecule has 4 heteroatoms. The minimum Gasteiger partial charge on any atom is -0.330 e. The van der Waals surface area contributed by atoms with Gasteiger partial charge in [-0.25, -0.2) is 4.79 Å². The Morgan fingerprint density at radius 1 is 1.27 bits per heavy atom. The van der Waals surface area contributed by atoms with Crippen LogP contribution >= 0.6 is 0 Å². The number of aromatic nitrogens is 2. The Morgan fingerprint density at radius 2 is 1.93 bits per heavy atom. The van der Waals surface area contributed by atoms with Crippen molar-refractivity contribution in [1.82, 2.24) is 9.13 Å². The van der Waals surface area contributed by atoms with E-state index in [2.05, 4.69) is 0 Å². The second-order valence-corrected chi connectivity index (χ2v) is 3.62. The van der Waals surface area contributed by atoms with E-state index in [1.54, 1.807) is 16.2 Å². The van der Waals surface area contributed by atoms with Crippen LogP contribution in [0.5, 0.6) is 0 Å². The molecule has 2 rings (SSSR count). The molecule has 0 radical (unpaired) electrons. The highest BCUT2D eigenvalue weighted by Crippen LogP contribution is 2.11. The van der Waals surface area contributed by atoms with Gasteiger partial charge >= 0.3 is 5.69 Å². The van der Waals surface area contributed by atoms with Gasteiger partial charge in [-0.2, -0.15) is 0 Å². The van der Waals surface area contributed by atoms with Gasteiger partial charge in [-0.3, -0.25) is 9.13 Å². The number of aryl methyl sites for hydroxylation is 2. The average molecular weight is 205 g/mol. The van der Waals surface area contributed by atoms with Gasteiger partial charge in [0.1, 0.15) is 0 Å². The van der Waals surface area contributed by atoms with Crippen LogP contribution in [-0.4, -0.2) is 15.7 Å². The van der Waals surface area contributed by atoms with Crippen molar-refractivity contribution in [1.29, 1.82) is 0 Å². The highest BCUT2D eigenvalue weighted by atomic mass is 16.1. The van der Waals surface area contributed by atoms with Crippen LogP contribution in [0, 0.1) is 0 Å². The highest BCUT2D eigenvalue weighted by Gasteiger charge is 2.08. The Bertz CT molecular complexity index is 524. The summed E-state index contributed by atoms with van der Waals surface area (Å²) in [5.41, 5.74) is 7.44. The van der Waals surface area contributed by atoms with E-state index in [4.69, 9.17) is 5.73 Å². The number of nitrogens with two attached hydrogens (primary N) is 1. The van der Waals surface area contributed by atoms with Crippen LogP contribution in [0.2, 0.25) is 0 Å². The largest absolute Gasteiger partial charge is 0.330 e. The van der Waals surface area contributed by atoms with Gasteiger partial charge in [-0.15, -0.1) is 0 Å². The van der Waals surface area contributed by atoms with Gasteiger partial charge in [0.25, 0.3) is 0 Å². The van der Waals surface area contributed by atoms with Crippen molar-refractivity contribution in [3.05, 3.63) is 34.7 Å². The molecule has 2 N–H and O–H groups in total. The summed E-state index contributed by atoms with van der Waals surface area (Å²) in [7, 11) is 1.80. The number of para-hydroxylation sites is 2. The summed E-state index contributed by atoms with van der Waals surface area (Å²) in [6.45, 7) is 1.30. The number of hydrogen-bond acceptors (Lipinski definition) is 2. The smallest absolute Gasteiger partial charge is 0.328 e. The third kappa shape index (κ3) is 1.57. The van der Waals surface area contributed by atoms with Crippen molar-refractivity contribution < 1.29 is 0 Å². The normalized spacial score (nSPS) is 11.1. The van der Waals surface area contributed by atoms with Crippen LogP contribution in [0.15, 0.2) is 29.1 Å². The van der Waals surface area contributed by atoms with Gasteiger partial charge in [0.15, 0.2) is 0 Å². The lowest BCUT2D eigenvalue weighted by Crippen LogP contribution is -2.23. The topological polar surface area (TPSA) is 53.0 Å². The lowest BCUT2D eigenvalue weighted by Gasteiger charge is -2.00. The summed E-state index contributed by atoms with van der Waals surface area (Å²) < 4.78 is 3.45. The Labute approximate surface area is 87.9 Å². The molecule has 0 atom stereocenters. The molecule has 1 aromatic carbocycles. The minimum absolute atomic E-state index is 0.0321. The molecule has 0 bridgehead atoms. The molecule has 15 heavy (non-hydrogen) atoms. The van der Waals surface area contributed by atoms with Crippen LogP contribution in [-0.2, 0) is 13.6 Å². The van der Waals surface area contributed by atoms with Crippen molar-refractivity contribution in [2.75, 3.05) is 6.54 Å². The minimum atomic E-state index is 0.0321. The summed E-state index contributed by atoms with van der Waals surface area (Å²) >= 11 is 0. The monoisotopic (exact) mass is 205 g/mol. The van der Waals surface area contributed by atoms with Gasteiger partial charge in [-0.05, 0) is 25.1 Å². The summed E-state index contributed by atoms with van der Waals surface area (Å²) in [5.74, 6) is 0. The molecule has 80 valence electrons. The Balaban J connectivity index is 2.62. The molecule has 0 aliphatic heterocycles. The number of imidazole rings is 1. The molecule has 0 amide bonds. The molecule has 0 unspecified atom stereocenters. The molecule has 0 aliphatic carbocycles. The van der Waals surface area contributed by atoms with E-state index in [1.807, 2.05) is 24.3 Å². The number of hydrogen-bond donors (Lipinski definition) is 1. The number of fused-ring (bicyclic) bond motifs is 1. The van der Waals surface area contributed by atoms with E-state index < -0.39 is 0 Å². The third-order valence-corrected chi connectivity index (χ3v) is 2.64. The van der Waals surface area contributed by atoms with E-state index in [0.29, 0.717) is 13.1 Å². The first-order valence-electron chi connectivity index (χ1n) is 5.10. The fraction of sp³-hybridized carbons (Fsp3) is 0.364. The van der Waals surface area contributed by atoms with Gasteiger partial charge in [0, 0.05) is 13.6 Å². The van der Waals surface area contributed by atoms with E-state index in [9.17, 15) is 4.79 Å². The number of nitrogens with zero attached hydrogens (tertiary/aromatic N) is 2. The van der Waals surface area contributed by atoms with Gasteiger partial charge in [0.2, 0.25) is 0 Å². The molecule has 4 nitrogen and oxygen atoms in total. The standard InChI is InChI=1S/C11H15N3O/c1-13-9-5-2-3-6-10(9)14(11(13)15)8-4-7-12/h2-3,5-6H,4,7-8,12H2,1H3. The number of rotatable bonds is 3. The Kier molecular flexibility index (Phi) is 2.60. The zero-order valence-corrected chi connectivity index (χ0v) is 8.81. The molecule has 0 fully saturated rings. The third-order valence-electron chi connectivity index (χ3n) is 2.64. The average Bonchev–Trinajstić information content (AvgIpc) is 2.51. The van der Waals surface area contributed by atoms with Crippen molar-refractivity contribution in [2.45, 2.75) is 13.0 Å². The van der Waals surface area contributed by atoms with Crippen LogP contribution in [0.3, 0.4) is 0 Å². The van der Waals surface area contributed by atoms with E-state index in [1.165, 1.54) is 0 Å². The van der Waals surface area contributed by atoms with Crippen LogP contribution in [0.25, 0.3) is 11.0 Å². The van der Waals surface area contributed by atoms with E-state index in [-0.39, 0.29) is 5.69 Å². The SMILES string of the molecule is Cn1c(=O)n(CCCN)c2ccccc21. The van der Waals surface area contributed by atoms with Crippen molar-refractivity contribution in [3.63, 3.8) is 0 Å². The molecule has 0 spiro atoms. The first-order chi connectivity index (χ1) is 7.25. The molecule has 1 aromatic heterocycles. The van der Waals surface area contributed by atoms with Crippen molar-refractivity contribution in [3.8, 4) is 0 Å². The predicted molar refractivity (Wildman–Crippen MR) is 60.9 cm³/mol. The second kappa shape index (κ2) is 3.90. The summed E-state index contributed by atoms with van der Waals surface area (Å²) in [6.07, 6.45) is 0.827. The fourth-order valence-electron chi connectivity index (χ4n) is 1.83. The molecule has 0 saturated heterocycles. The van der Waals surface area contributed by atoms with E-state index in [0.717, 1.165) is 17.5 Å². The molecular weight excluding hydrogens is 190 g/mol. The lowest BCUT2D eigenvalue weighted by molar-refractivity contribution is 0.630. The van der Waals surface area contributed by atoms with Crippen LogP contribution in [0.1, 0.15) is 6.42 Å². The number of benzene rings is 1. The first kappa shape index (κ1) is 9.98. The lowest BCUT2D eigenvalue weighted by atomic mass is 10.3. The molecule has 1 heterocycles. The summed E-state index contributed by atoms with van der Waals surface area (Å²) in [4.78, 5) is 11.9. The molecular formula is C11H15N3O. The maximum Gasteiger partial charge on any atom is 0.328 e. The summed E-state index contributed by atoms with van der Waals surface area (Å²) in [5, 5.41) is 0. The second-order valence-electron chi connectivity index (χ2n) is 3.62. The molecule has 2 aromatic rings. The fourth-order valence-corrected chi connectivity index (χ4v) is 1.83. The molecule has 0 aliphatic rings. The maximum absolute atomic E-state index is 11.9.